The van der Waals surface area contributed by atoms with Gasteiger partial charge in [0, 0.05) is 6.04 Å². The van der Waals surface area contributed by atoms with Crippen molar-refractivity contribution in [3.63, 3.8) is 0 Å². The fourth-order valence-electron chi connectivity index (χ4n) is 3.27. The lowest BCUT2D eigenvalue weighted by Crippen LogP contribution is -2.50. The molecule has 2 rings (SSSR count). The molecule has 0 aromatic heterocycles. The Balaban J connectivity index is 2.27. The summed E-state index contributed by atoms with van der Waals surface area (Å²) in [6, 6.07) is 3.68. The zero-order chi connectivity index (χ0) is 20.2. The number of nitrogens with zero attached hydrogens (tertiary/aromatic N) is 1. The first-order chi connectivity index (χ1) is 12.7. The minimum Gasteiger partial charge on any atom is -0.493 e. The van der Waals surface area contributed by atoms with E-state index < -0.39 is 27.9 Å². The molecule has 2 atom stereocenters. The van der Waals surface area contributed by atoms with Gasteiger partial charge in [0.2, 0.25) is 5.91 Å². The van der Waals surface area contributed by atoms with Crippen LogP contribution >= 0.6 is 0 Å². The number of methoxy groups -OCH3 is 3. The number of amides is 1. The molecule has 1 aliphatic rings. The predicted molar refractivity (Wildman–Crippen MR) is 98.6 cm³/mol. The standard InChI is InChI=1S/C18H25NO7S/c1-12(18(21)26-4)19(14-7-8-27(22,23)11-14)17(20)10-13-5-6-15(24-2)16(9-13)25-3/h5-6,9,12,14H,7-8,10-11H2,1-4H3/t12-,14+/m1/s1. The molecule has 1 amide bonds. The van der Waals surface area contributed by atoms with Crippen LogP contribution in [0.15, 0.2) is 18.2 Å². The highest BCUT2D eigenvalue weighted by atomic mass is 32.2. The van der Waals surface area contributed by atoms with Gasteiger partial charge in [-0.1, -0.05) is 6.07 Å². The van der Waals surface area contributed by atoms with E-state index in [1.165, 1.54) is 26.2 Å². The van der Waals surface area contributed by atoms with E-state index in [1.54, 1.807) is 25.1 Å². The zero-order valence-electron chi connectivity index (χ0n) is 15.9. The number of hydrogen-bond donors (Lipinski definition) is 0. The van der Waals surface area contributed by atoms with Crippen LogP contribution in [0, 0.1) is 0 Å². The normalized spacial score (nSPS) is 19.2. The van der Waals surface area contributed by atoms with Crippen LogP contribution in [0.2, 0.25) is 0 Å². The molecule has 1 aromatic carbocycles. The molecular formula is C18H25NO7S. The molecule has 1 saturated heterocycles. The van der Waals surface area contributed by atoms with Gasteiger partial charge in [-0.25, -0.2) is 13.2 Å². The average molecular weight is 399 g/mol. The second-order valence-electron chi connectivity index (χ2n) is 6.42. The first kappa shape index (κ1) is 21.0. The highest BCUT2D eigenvalue weighted by molar-refractivity contribution is 7.91. The highest BCUT2D eigenvalue weighted by Crippen LogP contribution is 2.28. The third-order valence-corrected chi connectivity index (χ3v) is 6.40. The quantitative estimate of drug-likeness (QED) is 0.626. The third-order valence-electron chi connectivity index (χ3n) is 4.65. The number of sulfone groups is 1. The van der Waals surface area contributed by atoms with Gasteiger partial charge in [0.15, 0.2) is 21.3 Å². The van der Waals surface area contributed by atoms with E-state index in [0.717, 1.165) is 0 Å². The van der Waals surface area contributed by atoms with Gasteiger partial charge in [0.05, 0.1) is 39.3 Å². The molecule has 0 aliphatic carbocycles. The van der Waals surface area contributed by atoms with Gasteiger partial charge >= 0.3 is 5.97 Å². The van der Waals surface area contributed by atoms with E-state index in [-0.39, 0.29) is 23.8 Å². The number of carbonyl (C=O) groups is 2. The minimum atomic E-state index is -3.22. The Morgan fingerprint density at radius 3 is 2.37 bits per heavy atom. The second kappa shape index (κ2) is 8.60. The molecule has 27 heavy (non-hydrogen) atoms. The Morgan fingerprint density at radius 1 is 1.19 bits per heavy atom. The fourth-order valence-corrected chi connectivity index (χ4v) is 4.98. The number of ether oxygens (including phenoxy) is 3. The molecule has 9 heteroatoms. The van der Waals surface area contributed by atoms with E-state index in [1.807, 2.05) is 0 Å². The van der Waals surface area contributed by atoms with Crippen LogP contribution < -0.4 is 9.47 Å². The van der Waals surface area contributed by atoms with Crippen LogP contribution in [0.1, 0.15) is 18.9 Å². The van der Waals surface area contributed by atoms with Crippen molar-refractivity contribution in [3.8, 4) is 11.5 Å². The Bertz CT molecular complexity index is 806. The third kappa shape index (κ3) is 4.91. The first-order valence-electron chi connectivity index (χ1n) is 8.52. The Kier molecular flexibility index (Phi) is 6.69. The van der Waals surface area contributed by atoms with E-state index in [4.69, 9.17) is 14.2 Å². The summed E-state index contributed by atoms with van der Waals surface area (Å²) in [6.45, 7) is 1.54. The van der Waals surface area contributed by atoms with E-state index in [2.05, 4.69) is 0 Å². The summed E-state index contributed by atoms with van der Waals surface area (Å²) in [5, 5.41) is 0. The van der Waals surface area contributed by atoms with Gasteiger partial charge < -0.3 is 19.1 Å². The molecule has 0 unspecified atom stereocenters. The van der Waals surface area contributed by atoms with Gasteiger partial charge in [-0.15, -0.1) is 0 Å². The van der Waals surface area contributed by atoms with Crippen molar-refractivity contribution in [1.82, 2.24) is 4.90 Å². The lowest BCUT2D eigenvalue weighted by atomic mass is 10.1. The maximum Gasteiger partial charge on any atom is 0.328 e. The molecule has 0 N–H and O–H groups in total. The Labute approximate surface area is 159 Å². The second-order valence-corrected chi connectivity index (χ2v) is 8.65. The van der Waals surface area contributed by atoms with Crippen LogP contribution in [-0.2, 0) is 30.6 Å². The Hall–Kier alpha value is -2.29. The molecule has 0 radical (unpaired) electrons. The first-order valence-corrected chi connectivity index (χ1v) is 10.3. The Morgan fingerprint density at radius 2 is 1.85 bits per heavy atom. The number of rotatable bonds is 7. The van der Waals surface area contributed by atoms with Gasteiger partial charge in [0.1, 0.15) is 6.04 Å². The molecule has 1 fully saturated rings. The minimum absolute atomic E-state index is 0.00175. The van der Waals surface area contributed by atoms with Crippen molar-refractivity contribution < 1.29 is 32.2 Å². The molecule has 1 heterocycles. The summed E-state index contributed by atoms with van der Waals surface area (Å²) in [5.41, 5.74) is 0.667. The summed E-state index contributed by atoms with van der Waals surface area (Å²) in [6.07, 6.45) is 0.305. The SMILES string of the molecule is COC(=O)[C@@H](C)N(C(=O)Cc1ccc(OC)c(OC)c1)[C@H]1CCS(=O)(=O)C1. The number of carbonyl (C=O) groups excluding carboxylic acids is 2. The van der Waals surface area contributed by atoms with E-state index in [0.29, 0.717) is 23.5 Å². The molecule has 1 aliphatic heterocycles. The van der Waals surface area contributed by atoms with Crippen molar-refractivity contribution in [1.29, 1.82) is 0 Å². The molecule has 1 aromatic rings. The molecule has 8 nitrogen and oxygen atoms in total. The average Bonchev–Trinajstić information content (AvgIpc) is 3.00. The van der Waals surface area contributed by atoms with Gasteiger partial charge in [0.25, 0.3) is 0 Å². The smallest absolute Gasteiger partial charge is 0.328 e. The summed E-state index contributed by atoms with van der Waals surface area (Å²) in [7, 11) is 1.04. The van der Waals surface area contributed by atoms with Crippen LogP contribution in [0.25, 0.3) is 0 Å². The van der Waals surface area contributed by atoms with Crippen molar-refractivity contribution in [2.75, 3.05) is 32.8 Å². The summed E-state index contributed by atoms with van der Waals surface area (Å²) >= 11 is 0. The summed E-state index contributed by atoms with van der Waals surface area (Å²) in [4.78, 5) is 26.3. The van der Waals surface area contributed by atoms with Gasteiger partial charge in [-0.2, -0.15) is 0 Å². The van der Waals surface area contributed by atoms with Crippen molar-refractivity contribution in [2.24, 2.45) is 0 Å². The van der Waals surface area contributed by atoms with Crippen molar-refractivity contribution in [2.45, 2.75) is 31.8 Å². The largest absolute Gasteiger partial charge is 0.493 e. The van der Waals surface area contributed by atoms with Gasteiger partial charge in [-0.05, 0) is 31.0 Å². The molecule has 0 spiro atoms. The predicted octanol–water partition coefficient (Wildman–Crippen LogP) is 0.823. The zero-order valence-corrected chi connectivity index (χ0v) is 16.7. The van der Waals surface area contributed by atoms with E-state index in [9.17, 15) is 18.0 Å². The number of esters is 1. The van der Waals surface area contributed by atoms with Gasteiger partial charge in [-0.3, -0.25) is 4.79 Å². The monoisotopic (exact) mass is 399 g/mol. The van der Waals surface area contributed by atoms with E-state index >= 15 is 0 Å². The molecular weight excluding hydrogens is 374 g/mol. The van der Waals surface area contributed by atoms with Crippen LogP contribution in [-0.4, -0.2) is 70.1 Å². The number of benzene rings is 1. The van der Waals surface area contributed by atoms with Crippen molar-refractivity contribution in [3.05, 3.63) is 23.8 Å². The lowest BCUT2D eigenvalue weighted by Gasteiger charge is -2.32. The van der Waals surface area contributed by atoms with Crippen LogP contribution in [0.4, 0.5) is 0 Å². The fraction of sp³-hybridized carbons (Fsp3) is 0.556. The topological polar surface area (TPSA) is 99.2 Å². The van der Waals surface area contributed by atoms with Crippen LogP contribution in [0.3, 0.4) is 0 Å². The van der Waals surface area contributed by atoms with Crippen molar-refractivity contribution >= 4 is 21.7 Å². The molecule has 0 saturated carbocycles. The summed E-state index contributed by atoms with van der Waals surface area (Å²) < 4.78 is 38.9. The van der Waals surface area contributed by atoms with Crippen LogP contribution in [0.5, 0.6) is 11.5 Å². The maximum atomic E-state index is 13.0. The number of hydrogen-bond acceptors (Lipinski definition) is 7. The molecule has 0 bridgehead atoms. The summed E-state index contributed by atoms with van der Waals surface area (Å²) in [5.74, 6) is -0.0473. The lowest BCUT2D eigenvalue weighted by molar-refractivity contribution is -0.153. The highest BCUT2D eigenvalue weighted by Gasteiger charge is 2.39. The maximum absolute atomic E-state index is 13.0. The molecule has 150 valence electrons.